The number of aryl methyl sites for hydroxylation is 1. The molecule has 0 aliphatic rings. The van der Waals surface area contributed by atoms with Crippen molar-refractivity contribution in [3.63, 3.8) is 0 Å². The Morgan fingerprint density at radius 1 is 1.11 bits per heavy atom. The van der Waals surface area contributed by atoms with Gasteiger partial charge in [0.25, 0.3) is 0 Å². The molecule has 3 heteroatoms. The van der Waals surface area contributed by atoms with Crippen LogP contribution in [0.3, 0.4) is 0 Å². The van der Waals surface area contributed by atoms with Gasteiger partial charge in [0.1, 0.15) is 5.75 Å². The number of ether oxygens (including phenoxy) is 1. The lowest BCUT2D eigenvalue weighted by atomic mass is 10.0. The highest BCUT2D eigenvalue weighted by atomic mass is 35.5. The zero-order chi connectivity index (χ0) is 13.1. The van der Waals surface area contributed by atoms with Gasteiger partial charge < -0.3 is 10.5 Å². The smallest absolute Gasteiger partial charge is 0.121 e. The lowest BCUT2D eigenvalue weighted by molar-refractivity contribution is 0.412. The van der Waals surface area contributed by atoms with Gasteiger partial charge >= 0.3 is 0 Å². The summed E-state index contributed by atoms with van der Waals surface area (Å²) in [6.07, 6.45) is 0. The molecular weight excluding hydrogens is 246 g/mol. The first kappa shape index (κ1) is 12.9. The number of nitrogens with two attached hydrogens (primary N) is 1. The molecule has 0 fully saturated rings. The van der Waals surface area contributed by atoms with E-state index in [0.29, 0.717) is 11.6 Å². The Bertz CT molecular complexity index is 515. The van der Waals surface area contributed by atoms with E-state index in [9.17, 15) is 0 Å². The first-order valence-corrected chi connectivity index (χ1v) is 6.17. The molecule has 18 heavy (non-hydrogen) atoms. The number of hydrogen-bond donors (Lipinski definition) is 1. The van der Waals surface area contributed by atoms with E-state index in [4.69, 9.17) is 22.1 Å². The standard InChI is InChI=1S/C15H16ClNO/c1-10-7-11(5-6-15(10)18-2)12-3-4-13(9-17)14(16)8-12/h3-8H,9,17H2,1-2H3. The lowest BCUT2D eigenvalue weighted by Crippen LogP contribution is -1.97. The molecule has 2 aromatic rings. The summed E-state index contributed by atoms with van der Waals surface area (Å²) in [5, 5.41) is 0.712. The summed E-state index contributed by atoms with van der Waals surface area (Å²) in [5.74, 6) is 0.892. The highest BCUT2D eigenvalue weighted by Crippen LogP contribution is 2.29. The summed E-state index contributed by atoms with van der Waals surface area (Å²) in [6, 6.07) is 12.0. The van der Waals surface area contributed by atoms with Gasteiger partial charge in [-0.2, -0.15) is 0 Å². The van der Waals surface area contributed by atoms with Crippen molar-refractivity contribution in [1.29, 1.82) is 0 Å². The zero-order valence-electron chi connectivity index (χ0n) is 10.5. The van der Waals surface area contributed by atoms with Gasteiger partial charge in [-0.25, -0.2) is 0 Å². The minimum Gasteiger partial charge on any atom is -0.496 e. The van der Waals surface area contributed by atoms with E-state index in [1.807, 2.05) is 37.3 Å². The van der Waals surface area contributed by atoms with Crippen LogP contribution in [0, 0.1) is 6.92 Å². The molecule has 2 rings (SSSR count). The molecule has 94 valence electrons. The van der Waals surface area contributed by atoms with Crippen LogP contribution in [0.4, 0.5) is 0 Å². The fraction of sp³-hybridized carbons (Fsp3) is 0.200. The number of benzene rings is 2. The summed E-state index contributed by atoms with van der Waals surface area (Å²) in [7, 11) is 1.68. The molecular formula is C15H16ClNO. The first-order chi connectivity index (χ1) is 8.65. The van der Waals surface area contributed by atoms with Crippen LogP contribution in [0.5, 0.6) is 5.75 Å². The maximum atomic E-state index is 6.17. The highest BCUT2D eigenvalue weighted by Gasteiger charge is 2.05. The van der Waals surface area contributed by atoms with E-state index >= 15 is 0 Å². The Labute approximate surface area is 112 Å². The number of halogens is 1. The third-order valence-corrected chi connectivity index (χ3v) is 3.35. The molecule has 0 radical (unpaired) electrons. The summed E-state index contributed by atoms with van der Waals surface area (Å²) in [4.78, 5) is 0. The van der Waals surface area contributed by atoms with E-state index < -0.39 is 0 Å². The highest BCUT2D eigenvalue weighted by molar-refractivity contribution is 6.31. The molecule has 0 spiro atoms. The predicted octanol–water partition coefficient (Wildman–Crippen LogP) is 3.78. The molecule has 2 aromatic carbocycles. The van der Waals surface area contributed by atoms with Gasteiger partial charge in [-0.1, -0.05) is 29.8 Å². The first-order valence-electron chi connectivity index (χ1n) is 5.79. The largest absolute Gasteiger partial charge is 0.496 e. The van der Waals surface area contributed by atoms with Gasteiger partial charge in [0, 0.05) is 11.6 Å². The van der Waals surface area contributed by atoms with Crippen molar-refractivity contribution in [2.75, 3.05) is 7.11 Å². The van der Waals surface area contributed by atoms with Crippen molar-refractivity contribution in [2.24, 2.45) is 5.73 Å². The molecule has 2 nitrogen and oxygen atoms in total. The zero-order valence-corrected chi connectivity index (χ0v) is 11.3. The van der Waals surface area contributed by atoms with Crippen molar-refractivity contribution < 1.29 is 4.74 Å². The molecule has 0 saturated carbocycles. The van der Waals surface area contributed by atoms with Crippen LogP contribution in [-0.2, 0) is 6.54 Å². The second-order valence-electron chi connectivity index (χ2n) is 4.19. The van der Waals surface area contributed by atoms with Crippen LogP contribution in [0.2, 0.25) is 5.02 Å². The molecule has 2 N–H and O–H groups in total. The van der Waals surface area contributed by atoms with Gasteiger partial charge in [0.15, 0.2) is 0 Å². The normalized spacial score (nSPS) is 10.4. The quantitative estimate of drug-likeness (QED) is 0.913. The Hall–Kier alpha value is -1.51. The lowest BCUT2D eigenvalue weighted by Gasteiger charge is -2.09. The third kappa shape index (κ3) is 2.50. The van der Waals surface area contributed by atoms with Gasteiger partial charge in [-0.05, 0) is 47.4 Å². The van der Waals surface area contributed by atoms with Gasteiger partial charge in [-0.3, -0.25) is 0 Å². The molecule has 0 atom stereocenters. The van der Waals surface area contributed by atoms with Crippen molar-refractivity contribution in [3.8, 4) is 16.9 Å². The molecule has 0 bridgehead atoms. The Morgan fingerprint density at radius 2 is 1.78 bits per heavy atom. The summed E-state index contributed by atoms with van der Waals surface area (Å²) in [6.45, 7) is 2.49. The topological polar surface area (TPSA) is 35.2 Å². The number of methoxy groups -OCH3 is 1. The van der Waals surface area contributed by atoms with Crippen LogP contribution in [0.1, 0.15) is 11.1 Å². The summed E-state index contributed by atoms with van der Waals surface area (Å²) < 4.78 is 5.25. The second-order valence-corrected chi connectivity index (χ2v) is 4.60. The van der Waals surface area contributed by atoms with Crippen molar-refractivity contribution in [2.45, 2.75) is 13.5 Å². The fourth-order valence-corrected chi connectivity index (χ4v) is 2.21. The Balaban J connectivity index is 2.42. The van der Waals surface area contributed by atoms with Gasteiger partial charge in [0.05, 0.1) is 7.11 Å². The van der Waals surface area contributed by atoms with Crippen molar-refractivity contribution in [1.82, 2.24) is 0 Å². The summed E-state index contributed by atoms with van der Waals surface area (Å²) in [5.41, 5.74) is 9.88. The molecule has 0 aliphatic carbocycles. The predicted molar refractivity (Wildman–Crippen MR) is 76.1 cm³/mol. The van der Waals surface area contributed by atoms with Crippen molar-refractivity contribution >= 4 is 11.6 Å². The molecule has 0 unspecified atom stereocenters. The maximum Gasteiger partial charge on any atom is 0.121 e. The monoisotopic (exact) mass is 261 g/mol. The summed E-state index contributed by atoms with van der Waals surface area (Å²) >= 11 is 6.17. The SMILES string of the molecule is COc1ccc(-c2ccc(CN)c(Cl)c2)cc1C. The maximum absolute atomic E-state index is 6.17. The molecule has 0 saturated heterocycles. The fourth-order valence-electron chi connectivity index (χ4n) is 1.95. The van der Waals surface area contributed by atoms with E-state index in [0.717, 1.165) is 28.0 Å². The third-order valence-electron chi connectivity index (χ3n) is 3.00. The van der Waals surface area contributed by atoms with Crippen LogP contribution in [0.15, 0.2) is 36.4 Å². The average molecular weight is 262 g/mol. The van der Waals surface area contributed by atoms with Crippen LogP contribution in [0.25, 0.3) is 11.1 Å². The van der Waals surface area contributed by atoms with Crippen LogP contribution >= 0.6 is 11.6 Å². The van der Waals surface area contributed by atoms with Crippen LogP contribution in [-0.4, -0.2) is 7.11 Å². The molecule has 0 aromatic heterocycles. The van der Waals surface area contributed by atoms with Crippen LogP contribution < -0.4 is 10.5 Å². The van der Waals surface area contributed by atoms with E-state index in [2.05, 4.69) is 6.07 Å². The number of rotatable bonds is 3. The Kier molecular flexibility index (Phi) is 3.90. The molecule has 0 heterocycles. The van der Waals surface area contributed by atoms with E-state index in [1.165, 1.54) is 0 Å². The van der Waals surface area contributed by atoms with E-state index in [-0.39, 0.29) is 0 Å². The van der Waals surface area contributed by atoms with Gasteiger partial charge in [0.2, 0.25) is 0 Å². The van der Waals surface area contributed by atoms with Crippen molar-refractivity contribution in [3.05, 3.63) is 52.5 Å². The number of hydrogen-bond acceptors (Lipinski definition) is 2. The van der Waals surface area contributed by atoms with E-state index in [1.54, 1.807) is 7.11 Å². The minimum absolute atomic E-state index is 0.459. The average Bonchev–Trinajstić information content (AvgIpc) is 2.38. The Morgan fingerprint density at radius 3 is 2.33 bits per heavy atom. The van der Waals surface area contributed by atoms with Gasteiger partial charge in [-0.15, -0.1) is 0 Å². The minimum atomic E-state index is 0.459. The molecule has 0 aliphatic heterocycles. The molecule has 0 amide bonds. The second kappa shape index (κ2) is 5.42.